The molecule has 2 aromatic carbocycles. The fourth-order valence-electron chi connectivity index (χ4n) is 3.00. The SMILES string of the molecule is CCOC(=O)/C(C=Nc1c(C)n(C)n(-c2ccccc2)c1=O)=C(\O)c1ccccc1. The zero-order valence-corrected chi connectivity index (χ0v) is 17.1. The van der Waals surface area contributed by atoms with Crippen LogP contribution < -0.4 is 5.56 Å². The lowest BCUT2D eigenvalue weighted by Gasteiger charge is -2.07. The first-order chi connectivity index (χ1) is 14.5. The molecular formula is C23H23N3O4. The highest BCUT2D eigenvalue weighted by Crippen LogP contribution is 2.19. The monoisotopic (exact) mass is 405 g/mol. The number of nitrogens with zero attached hydrogens (tertiary/aromatic N) is 3. The van der Waals surface area contributed by atoms with E-state index >= 15 is 0 Å². The molecule has 1 heterocycles. The molecule has 3 aromatic rings. The minimum Gasteiger partial charge on any atom is -0.506 e. The number of hydrogen-bond acceptors (Lipinski definition) is 5. The van der Waals surface area contributed by atoms with Crippen LogP contribution in [0.15, 0.2) is 76.0 Å². The van der Waals surface area contributed by atoms with Crippen molar-refractivity contribution in [1.82, 2.24) is 9.36 Å². The van der Waals surface area contributed by atoms with Gasteiger partial charge in [0.05, 0.1) is 18.0 Å². The Labute approximate surface area is 174 Å². The topological polar surface area (TPSA) is 85.8 Å². The molecule has 0 amide bonds. The molecule has 0 atom stereocenters. The van der Waals surface area contributed by atoms with E-state index in [1.165, 1.54) is 10.9 Å². The zero-order chi connectivity index (χ0) is 21.7. The molecule has 0 unspecified atom stereocenters. The van der Waals surface area contributed by atoms with Crippen molar-refractivity contribution in [3.8, 4) is 5.69 Å². The predicted octanol–water partition coefficient (Wildman–Crippen LogP) is 3.72. The fraction of sp³-hybridized carbons (Fsp3) is 0.174. The van der Waals surface area contributed by atoms with E-state index in [9.17, 15) is 14.7 Å². The maximum atomic E-state index is 13.0. The van der Waals surface area contributed by atoms with Crippen LogP contribution in [0.1, 0.15) is 18.2 Å². The quantitative estimate of drug-likeness (QED) is 0.293. The molecule has 30 heavy (non-hydrogen) atoms. The Bertz CT molecular complexity index is 1160. The van der Waals surface area contributed by atoms with E-state index in [0.29, 0.717) is 16.9 Å². The molecule has 0 aliphatic carbocycles. The van der Waals surface area contributed by atoms with Gasteiger partial charge in [-0.2, -0.15) is 0 Å². The first kappa shape index (κ1) is 20.9. The number of rotatable bonds is 6. The van der Waals surface area contributed by atoms with Crippen molar-refractivity contribution in [3.05, 3.63) is 87.8 Å². The first-order valence-electron chi connectivity index (χ1n) is 9.49. The number of carbonyl (C=O) groups excluding carboxylic acids is 1. The second kappa shape index (κ2) is 9.09. The smallest absolute Gasteiger partial charge is 0.343 e. The molecule has 0 fully saturated rings. The van der Waals surface area contributed by atoms with E-state index in [2.05, 4.69) is 4.99 Å². The summed E-state index contributed by atoms with van der Waals surface area (Å²) in [5, 5.41) is 10.6. The number of esters is 1. The standard InChI is InChI=1S/C23H23N3O4/c1-4-30-23(29)19(21(27)17-11-7-5-8-12-17)15-24-20-16(2)25(3)26(22(20)28)18-13-9-6-10-14-18/h5-15,27H,4H2,1-3H3/b21-19-,24-15?. The largest absolute Gasteiger partial charge is 0.506 e. The van der Waals surface area contributed by atoms with Crippen LogP contribution in [0.5, 0.6) is 0 Å². The van der Waals surface area contributed by atoms with Crippen molar-refractivity contribution in [2.75, 3.05) is 6.61 Å². The summed E-state index contributed by atoms with van der Waals surface area (Å²) in [5.74, 6) is -0.991. The van der Waals surface area contributed by atoms with Gasteiger partial charge < -0.3 is 9.84 Å². The number of benzene rings is 2. The van der Waals surface area contributed by atoms with Crippen molar-refractivity contribution >= 4 is 23.6 Å². The summed E-state index contributed by atoms with van der Waals surface area (Å²) in [6.45, 7) is 3.58. The maximum absolute atomic E-state index is 13.0. The third-order valence-electron chi connectivity index (χ3n) is 4.64. The minimum absolute atomic E-state index is 0.128. The molecular weight excluding hydrogens is 382 g/mol. The Kier molecular flexibility index (Phi) is 6.32. The molecule has 7 heteroatoms. The number of carbonyl (C=O) groups is 1. The van der Waals surface area contributed by atoms with Gasteiger partial charge in [-0.3, -0.25) is 9.48 Å². The highest BCUT2D eigenvalue weighted by molar-refractivity contribution is 6.15. The van der Waals surface area contributed by atoms with Gasteiger partial charge in [0.15, 0.2) is 5.69 Å². The van der Waals surface area contributed by atoms with Gasteiger partial charge in [-0.15, -0.1) is 0 Å². The first-order valence-corrected chi connectivity index (χ1v) is 9.49. The lowest BCUT2D eigenvalue weighted by Crippen LogP contribution is -2.19. The maximum Gasteiger partial charge on any atom is 0.343 e. The van der Waals surface area contributed by atoms with Crippen molar-refractivity contribution in [3.63, 3.8) is 0 Å². The van der Waals surface area contributed by atoms with Gasteiger partial charge >= 0.3 is 5.97 Å². The van der Waals surface area contributed by atoms with Crippen LogP contribution in [0, 0.1) is 6.92 Å². The summed E-state index contributed by atoms with van der Waals surface area (Å²) in [6, 6.07) is 17.8. The van der Waals surface area contributed by atoms with Gasteiger partial charge in [0, 0.05) is 18.8 Å². The molecule has 0 aliphatic heterocycles. The van der Waals surface area contributed by atoms with Crippen LogP contribution in [0.2, 0.25) is 0 Å². The molecule has 3 rings (SSSR count). The normalized spacial score (nSPS) is 12.1. The van der Waals surface area contributed by atoms with Crippen LogP contribution in [0.25, 0.3) is 11.4 Å². The number of ether oxygens (including phenoxy) is 1. The van der Waals surface area contributed by atoms with Gasteiger partial charge in [0.1, 0.15) is 11.3 Å². The number of aliphatic imine (C=N–C) groups is 1. The Morgan fingerprint density at radius 3 is 2.30 bits per heavy atom. The summed E-state index contributed by atoms with van der Waals surface area (Å²) in [7, 11) is 1.76. The van der Waals surface area contributed by atoms with E-state index in [-0.39, 0.29) is 29.2 Å². The van der Waals surface area contributed by atoms with Gasteiger partial charge in [0.2, 0.25) is 0 Å². The van der Waals surface area contributed by atoms with Crippen LogP contribution in [0.3, 0.4) is 0 Å². The predicted molar refractivity (Wildman–Crippen MR) is 117 cm³/mol. The summed E-state index contributed by atoms with van der Waals surface area (Å²) >= 11 is 0. The molecule has 0 spiro atoms. The Hall–Kier alpha value is -3.87. The van der Waals surface area contributed by atoms with E-state index in [1.54, 1.807) is 55.9 Å². The molecule has 0 saturated heterocycles. The van der Waals surface area contributed by atoms with E-state index in [0.717, 1.165) is 0 Å². The van der Waals surface area contributed by atoms with Gasteiger partial charge in [-0.1, -0.05) is 48.5 Å². The van der Waals surface area contributed by atoms with Crippen molar-refractivity contribution in [2.45, 2.75) is 13.8 Å². The third-order valence-corrected chi connectivity index (χ3v) is 4.64. The number of aromatic nitrogens is 2. The van der Waals surface area contributed by atoms with Crippen LogP contribution in [-0.4, -0.2) is 33.3 Å². The summed E-state index contributed by atoms with van der Waals surface area (Å²) in [5.41, 5.74) is 1.46. The molecule has 7 nitrogen and oxygen atoms in total. The molecule has 154 valence electrons. The molecule has 0 bridgehead atoms. The van der Waals surface area contributed by atoms with Gasteiger partial charge in [-0.05, 0) is 26.0 Å². The molecule has 0 saturated carbocycles. The van der Waals surface area contributed by atoms with E-state index in [1.807, 2.05) is 30.3 Å². The highest BCUT2D eigenvalue weighted by Gasteiger charge is 2.19. The Morgan fingerprint density at radius 2 is 1.70 bits per heavy atom. The zero-order valence-electron chi connectivity index (χ0n) is 17.1. The second-order valence-corrected chi connectivity index (χ2v) is 6.52. The van der Waals surface area contributed by atoms with Gasteiger partial charge in [0.25, 0.3) is 5.56 Å². The van der Waals surface area contributed by atoms with Crippen molar-refractivity contribution in [2.24, 2.45) is 12.0 Å². The average Bonchev–Trinajstić information content (AvgIpc) is 2.98. The third kappa shape index (κ3) is 4.10. The second-order valence-electron chi connectivity index (χ2n) is 6.52. The Balaban J connectivity index is 2.10. The Morgan fingerprint density at radius 1 is 1.10 bits per heavy atom. The molecule has 1 aromatic heterocycles. The number of hydrogen-bond donors (Lipinski definition) is 1. The van der Waals surface area contributed by atoms with Crippen LogP contribution in [-0.2, 0) is 16.6 Å². The summed E-state index contributed by atoms with van der Waals surface area (Å²) < 4.78 is 8.24. The van der Waals surface area contributed by atoms with Gasteiger partial charge in [-0.25, -0.2) is 14.5 Å². The van der Waals surface area contributed by atoms with E-state index in [4.69, 9.17) is 4.74 Å². The lowest BCUT2D eigenvalue weighted by atomic mass is 10.1. The summed E-state index contributed by atoms with van der Waals surface area (Å²) in [6.07, 6.45) is 1.18. The molecule has 1 N–H and O–H groups in total. The van der Waals surface area contributed by atoms with Crippen molar-refractivity contribution in [1.29, 1.82) is 0 Å². The number of aliphatic hydroxyl groups is 1. The number of aliphatic hydroxyl groups excluding tert-OH is 1. The summed E-state index contributed by atoms with van der Waals surface area (Å²) in [4.78, 5) is 29.7. The fourth-order valence-corrected chi connectivity index (χ4v) is 3.00. The minimum atomic E-state index is -0.723. The van der Waals surface area contributed by atoms with Crippen molar-refractivity contribution < 1.29 is 14.6 Å². The molecule has 0 aliphatic rings. The van der Waals surface area contributed by atoms with E-state index < -0.39 is 5.97 Å². The molecule has 0 radical (unpaired) electrons. The number of para-hydroxylation sites is 1. The van der Waals surface area contributed by atoms with Crippen LogP contribution in [0.4, 0.5) is 5.69 Å². The lowest BCUT2D eigenvalue weighted by molar-refractivity contribution is -0.137. The average molecular weight is 405 g/mol. The highest BCUT2D eigenvalue weighted by atomic mass is 16.5. The van der Waals surface area contributed by atoms with Crippen LogP contribution >= 0.6 is 0 Å².